The Kier molecular flexibility index (Phi) is 27.3. The Labute approximate surface area is 300 Å². The lowest BCUT2D eigenvalue weighted by atomic mass is 9.95. The highest BCUT2D eigenvalue weighted by atomic mass is 79.9. The summed E-state index contributed by atoms with van der Waals surface area (Å²) in [5, 5.41) is 0. The molecule has 2 unspecified atom stereocenters. The second-order valence-corrected chi connectivity index (χ2v) is 15.3. The van der Waals surface area contributed by atoms with E-state index >= 15 is 0 Å². The third-order valence-corrected chi connectivity index (χ3v) is 10.6. The summed E-state index contributed by atoms with van der Waals surface area (Å²) >= 11 is 7.10. The van der Waals surface area contributed by atoms with Crippen LogP contribution >= 0.6 is 31.9 Å². The lowest BCUT2D eigenvalue weighted by molar-refractivity contribution is 0.0406. The van der Waals surface area contributed by atoms with Gasteiger partial charge in [-0.05, 0) is 81.5 Å². The molecule has 1 aromatic carbocycles. The van der Waals surface area contributed by atoms with E-state index in [0.717, 1.165) is 25.7 Å². The van der Waals surface area contributed by atoms with Gasteiger partial charge in [0.25, 0.3) is 0 Å². The second kappa shape index (κ2) is 29.1. The first-order valence-corrected chi connectivity index (χ1v) is 20.8. The standard InChI is InChI=1S/C40H68Br2O4/c1-5-9-13-17-19-23-27-33(25-21-15-11-7-3)31-45-39(43)35-29-38(42)36(30-37(35)41)40(44)46-32-34(26-22-16-12-8-4)28-24-20-18-14-10-6-2/h29-30,33-34H,5-28,31-32H2,1-4H3. The number of ether oxygens (including phenoxy) is 2. The van der Waals surface area contributed by atoms with Crippen LogP contribution < -0.4 is 0 Å². The van der Waals surface area contributed by atoms with E-state index in [0.29, 0.717) is 45.1 Å². The van der Waals surface area contributed by atoms with Crippen molar-refractivity contribution in [3.63, 3.8) is 0 Å². The number of esters is 2. The van der Waals surface area contributed by atoms with Crippen LogP contribution in [0, 0.1) is 11.8 Å². The third-order valence-electron chi connectivity index (χ3n) is 9.26. The number of hydrogen-bond donors (Lipinski definition) is 0. The van der Waals surface area contributed by atoms with Gasteiger partial charge >= 0.3 is 11.9 Å². The normalized spacial score (nSPS) is 12.7. The van der Waals surface area contributed by atoms with Gasteiger partial charge in [0.2, 0.25) is 0 Å². The Bertz CT molecular complexity index is 845. The molecule has 0 bridgehead atoms. The highest BCUT2D eigenvalue weighted by Crippen LogP contribution is 2.29. The summed E-state index contributed by atoms with van der Waals surface area (Å²) < 4.78 is 12.9. The van der Waals surface area contributed by atoms with Crippen molar-refractivity contribution < 1.29 is 19.1 Å². The van der Waals surface area contributed by atoms with Gasteiger partial charge in [0.1, 0.15) is 0 Å². The first-order valence-electron chi connectivity index (χ1n) is 19.2. The quantitative estimate of drug-likeness (QED) is 0.0577. The van der Waals surface area contributed by atoms with E-state index in [9.17, 15) is 9.59 Å². The summed E-state index contributed by atoms with van der Waals surface area (Å²) in [6.07, 6.45) is 29.6. The molecule has 4 nitrogen and oxygen atoms in total. The van der Waals surface area contributed by atoms with Crippen LogP contribution in [0.1, 0.15) is 203 Å². The lowest BCUT2D eigenvalue weighted by Gasteiger charge is -2.18. The number of halogens is 2. The molecular formula is C40H68Br2O4. The van der Waals surface area contributed by atoms with Gasteiger partial charge in [0.15, 0.2) is 0 Å². The maximum Gasteiger partial charge on any atom is 0.339 e. The minimum Gasteiger partial charge on any atom is -0.462 e. The number of rotatable bonds is 30. The van der Waals surface area contributed by atoms with Gasteiger partial charge in [-0.1, -0.05) is 156 Å². The molecule has 0 spiro atoms. The maximum atomic E-state index is 13.2. The predicted molar refractivity (Wildman–Crippen MR) is 203 cm³/mol. The van der Waals surface area contributed by atoms with Crippen molar-refractivity contribution in [2.45, 2.75) is 182 Å². The van der Waals surface area contributed by atoms with Crippen LogP contribution in [0.3, 0.4) is 0 Å². The molecule has 0 aliphatic rings. The van der Waals surface area contributed by atoms with E-state index in [1.807, 2.05) is 0 Å². The summed E-state index contributed by atoms with van der Waals surface area (Å²) in [5.41, 5.74) is 0.870. The van der Waals surface area contributed by atoms with Gasteiger partial charge in [-0.15, -0.1) is 0 Å². The van der Waals surface area contributed by atoms with Crippen LogP contribution in [0.5, 0.6) is 0 Å². The van der Waals surface area contributed by atoms with Crippen LogP contribution in [0.15, 0.2) is 21.1 Å². The summed E-state index contributed by atoms with van der Waals surface area (Å²) in [4.78, 5) is 26.4. The van der Waals surface area contributed by atoms with Gasteiger partial charge in [0, 0.05) is 8.95 Å². The van der Waals surface area contributed by atoms with E-state index in [1.54, 1.807) is 12.1 Å². The topological polar surface area (TPSA) is 52.6 Å². The molecule has 0 aliphatic heterocycles. The van der Waals surface area contributed by atoms with Gasteiger partial charge in [-0.2, -0.15) is 0 Å². The molecule has 0 saturated heterocycles. The molecule has 0 amide bonds. The second-order valence-electron chi connectivity index (χ2n) is 13.6. The number of benzene rings is 1. The van der Waals surface area contributed by atoms with Gasteiger partial charge in [0.05, 0.1) is 24.3 Å². The minimum atomic E-state index is -0.347. The molecule has 0 aromatic heterocycles. The Morgan fingerprint density at radius 2 is 0.739 bits per heavy atom. The van der Waals surface area contributed by atoms with Gasteiger partial charge < -0.3 is 9.47 Å². The summed E-state index contributed by atoms with van der Waals surface area (Å²) in [7, 11) is 0. The van der Waals surface area contributed by atoms with Crippen molar-refractivity contribution >= 4 is 43.8 Å². The molecule has 266 valence electrons. The number of unbranched alkanes of at least 4 members (excludes halogenated alkanes) is 16. The Morgan fingerprint density at radius 3 is 1.04 bits per heavy atom. The largest absolute Gasteiger partial charge is 0.462 e. The Hall–Kier alpha value is -0.880. The maximum absolute atomic E-state index is 13.2. The molecule has 1 aromatic rings. The van der Waals surface area contributed by atoms with Crippen molar-refractivity contribution in [3.05, 3.63) is 32.2 Å². The molecule has 0 fully saturated rings. The zero-order valence-electron chi connectivity index (χ0n) is 30.1. The van der Waals surface area contributed by atoms with Crippen LogP contribution in [-0.2, 0) is 9.47 Å². The molecule has 0 N–H and O–H groups in total. The number of hydrogen-bond acceptors (Lipinski definition) is 4. The van der Waals surface area contributed by atoms with E-state index in [4.69, 9.17) is 9.47 Å². The third kappa shape index (κ3) is 20.5. The van der Waals surface area contributed by atoms with Crippen LogP contribution in [-0.4, -0.2) is 25.2 Å². The number of carbonyl (C=O) groups excluding carboxylic acids is 2. The monoisotopic (exact) mass is 770 g/mol. The van der Waals surface area contributed by atoms with Crippen molar-refractivity contribution in [2.24, 2.45) is 11.8 Å². The van der Waals surface area contributed by atoms with Crippen molar-refractivity contribution in [1.29, 1.82) is 0 Å². The van der Waals surface area contributed by atoms with Gasteiger partial charge in [-0.25, -0.2) is 9.59 Å². The van der Waals surface area contributed by atoms with Gasteiger partial charge in [-0.3, -0.25) is 0 Å². The smallest absolute Gasteiger partial charge is 0.339 e. The van der Waals surface area contributed by atoms with Crippen LogP contribution in [0.4, 0.5) is 0 Å². The molecule has 46 heavy (non-hydrogen) atoms. The average Bonchev–Trinajstić information content (AvgIpc) is 3.05. The zero-order valence-corrected chi connectivity index (χ0v) is 33.3. The first-order chi connectivity index (χ1) is 22.4. The highest BCUT2D eigenvalue weighted by molar-refractivity contribution is 9.11. The van der Waals surface area contributed by atoms with E-state index in [2.05, 4.69) is 59.6 Å². The molecule has 2 atom stereocenters. The summed E-state index contributed by atoms with van der Waals surface area (Å²) in [6, 6.07) is 3.40. The van der Waals surface area contributed by atoms with Crippen molar-refractivity contribution in [3.8, 4) is 0 Å². The summed E-state index contributed by atoms with van der Waals surface area (Å²) in [5.74, 6) is 0.101. The summed E-state index contributed by atoms with van der Waals surface area (Å²) in [6.45, 7) is 9.87. The van der Waals surface area contributed by atoms with Crippen molar-refractivity contribution in [2.75, 3.05) is 13.2 Å². The minimum absolute atomic E-state index is 0.347. The molecule has 6 heteroatoms. The molecule has 0 radical (unpaired) electrons. The van der Waals surface area contributed by atoms with Crippen LogP contribution in [0.2, 0.25) is 0 Å². The molecule has 1 rings (SSSR count). The van der Waals surface area contributed by atoms with E-state index in [1.165, 1.54) is 128 Å². The fraction of sp³-hybridized carbons (Fsp3) is 0.800. The number of carbonyl (C=O) groups is 2. The molecule has 0 heterocycles. The van der Waals surface area contributed by atoms with Crippen LogP contribution in [0.25, 0.3) is 0 Å². The fourth-order valence-corrected chi connectivity index (χ4v) is 7.18. The predicted octanol–water partition coefficient (Wildman–Crippen LogP) is 14.2. The highest BCUT2D eigenvalue weighted by Gasteiger charge is 2.21. The lowest BCUT2D eigenvalue weighted by Crippen LogP contribution is -2.17. The van der Waals surface area contributed by atoms with E-state index in [-0.39, 0.29) is 11.9 Å². The molecule has 0 saturated carbocycles. The zero-order chi connectivity index (χ0) is 33.8. The Morgan fingerprint density at radius 1 is 0.478 bits per heavy atom. The van der Waals surface area contributed by atoms with E-state index < -0.39 is 0 Å². The SMILES string of the molecule is CCCCCCCCC(CCCCCC)COC(=O)c1cc(Br)c(C(=O)OCC(CCCCCC)CCCCCCCC)cc1Br. The average molecular weight is 773 g/mol. The fourth-order valence-electron chi connectivity index (χ4n) is 6.17. The van der Waals surface area contributed by atoms with Crippen molar-refractivity contribution in [1.82, 2.24) is 0 Å². The first kappa shape index (κ1) is 43.1. The Balaban J connectivity index is 2.73. The molecular weight excluding hydrogens is 704 g/mol. The molecule has 0 aliphatic carbocycles.